The normalized spacial score (nSPS) is 10.1. The molecule has 0 aliphatic carbocycles. The van der Waals surface area contributed by atoms with Gasteiger partial charge in [-0.25, -0.2) is 0 Å². The van der Waals surface area contributed by atoms with Crippen LogP contribution in [0.2, 0.25) is 0 Å². The molecule has 1 heterocycles. The number of hydrogen-bond donors (Lipinski definition) is 2. The minimum atomic E-state index is -0.595. The predicted molar refractivity (Wildman–Crippen MR) is 71.0 cm³/mol. The van der Waals surface area contributed by atoms with Crippen LogP contribution in [0.1, 0.15) is 16.1 Å². The Labute approximate surface area is 115 Å². The second-order valence-electron chi connectivity index (χ2n) is 3.99. The summed E-state index contributed by atoms with van der Waals surface area (Å²) in [5, 5.41) is 2.16. The lowest BCUT2D eigenvalue weighted by molar-refractivity contribution is -0.122. The van der Waals surface area contributed by atoms with Crippen LogP contribution in [0.4, 0.5) is 0 Å². The monoisotopic (exact) mass is 274 g/mol. The Morgan fingerprint density at radius 3 is 2.55 bits per heavy atom. The third-order valence-electron chi connectivity index (χ3n) is 2.53. The first kappa shape index (κ1) is 13.8. The highest BCUT2D eigenvalue weighted by Gasteiger charge is 2.12. The van der Waals surface area contributed by atoms with Gasteiger partial charge in [0, 0.05) is 6.54 Å². The van der Waals surface area contributed by atoms with E-state index in [9.17, 15) is 9.59 Å². The van der Waals surface area contributed by atoms with Crippen molar-refractivity contribution in [1.82, 2.24) is 5.32 Å². The molecule has 20 heavy (non-hydrogen) atoms. The summed E-state index contributed by atoms with van der Waals surface area (Å²) in [5.41, 5.74) is 6.44. The number of amides is 2. The number of nitrogens with one attached hydrogen (secondary N) is 1. The van der Waals surface area contributed by atoms with Gasteiger partial charge >= 0.3 is 0 Å². The standard InChI is InChI=1S/C14H14N2O4/c15-8-10-3-5-11(6-4-10)20-9-13(17)16-14(18)12-2-1-7-19-12/h1-7H,8-9,15H2,(H,16,17,18). The lowest BCUT2D eigenvalue weighted by Gasteiger charge is -2.06. The van der Waals surface area contributed by atoms with Gasteiger partial charge < -0.3 is 14.9 Å². The van der Waals surface area contributed by atoms with Crippen molar-refractivity contribution < 1.29 is 18.7 Å². The minimum absolute atomic E-state index is 0.0747. The molecule has 0 fully saturated rings. The van der Waals surface area contributed by atoms with Gasteiger partial charge in [-0.2, -0.15) is 0 Å². The van der Waals surface area contributed by atoms with E-state index < -0.39 is 11.8 Å². The topological polar surface area (TPSA) is 94.6 Å². The fraction of sp³-hybridized carbons (Fsp3) is 0.143. The highest BCUT2D eigenvalue weighted by atomic mass is 16.5. The van der Waals surface area contributed by atoms with Gasteiger partial charge in [-0.3, -0.25) is 14.9 Å². The van der Waals surface area contributed by atoms with E-state index in [2.05, 4.69) is 5.32 Å². The van der Waals surface area contributed by atoms with Gasteiger partial charge in [0.15, 0.2) is 12.4 Å². The summed E-state index contributed by atoms with van der Waals surface area (Å²) in [5.74, 6) is -0.537. The maximum absolute atomic E-state index is 11.5. The average molecular weight is 274 g/mol. The first-order valence-electron chi connectivity index (χ1n) is 5.98. The number of ether oxygens (including phenoxy) is 1. The van der Waals surface area contributed by atoms with Gasteiger partial charge in [0.05, 0.1) is 6.26 Å². The molecular weight excluding hydrogens is 260 g/mol. The SMILES string of the molecule is NCc1ccc(OCC(=O)NC(=O)c2ccco2)cc1. The van der Waals surface area contributed by atoms with Crippen molar-refractivity contribution in [2.24, 2.45) is 5.73 Å². The van der Waals surface area contributed by atoms with E-state index >= 15 is 0 Å². The number of rotatable bonds is 5. The van der Waals surface area contributed by atoms with Crippen LogP contribution in [-0.4, -0.2) is 18.4 Å². The van der Waals surface area contributed by atoms with Crippen LogP contribution >= 0.6 is 0 Å². The third-order valence-corrected chi connectivity index (χ3v) is 2.53. The Balaban J connectivity index is 1.81. The molecule has 0 saturated heterocycles. The molecule has 1 aromatic carbocycles. The summed E-state index contributed by atoms with van der Waals surface area (Å²) < 4.78 is 10.1. The highest BCUT2D eigenvalue weighted by molar-refractivity contribution is 6.03. The van der Waals surface area contributed by atoms with Crippen molar-refractivity contribution in [2.45, 2.75) is 6.54 Å². The van der Waals surface area contributed by atoms with Gasteiger partial charge in [0.25, 0.3) is 11.8 Å². The zero-order chi connectivity index (χ0) is 14.4. The first-order valence-corrected chi connectivity index (χ1v) is 5.98. The zero-order valence-corrected chi connectivity index (χ0v) is 10.7. The Morgan fingerprint density at radius 2 is 1.95 bits per heavy atom. The maximum Gasteiger partial charge on any atom is 0.293 e. The van der Waals surface area contributed by atoms with E-state index in [1.807, 2.05) is 0 Å². The molecule has 2 rings (SSSR count). The summed E-state index contributed by atoms with van der Waals surface area (Å²) in [6.07, 6.45) is 1.36. The lowest BCUT2D eigenvalue weighted by Crippen LogP contribution is -2.34. The fourth-order valence-electron chi connectivity index (χ4n) is 1.50. The molecule has 3 N–H and O–H groups in total. The van der Waals surface area contributed by atoms with E-state index in [0.717, 1.165) is 5.56 Å². The molecule has 0 atom stereocenters. The van der Waals surface area contributed by atoms with E-state index in [-0.39, 0.29) is 12.4 Å². The smallest absolute Gasteiger partial charge is 0.293 e. The average Bonchev–Trinajstić information content (AvgIpc) is 3.00. The van der Waals surface area contributed by atoms with E-state index in [4.69, 9.17) is 14.9 Å². The van der Waals surface area contributed by atoms with Crippen molar-refractivity contribution in [1.29, 1.82) is 0 Å². The Bertz CT molecular complexity index is 576. The molecule has 104 valence electrons. The van der Waals surface area contributed by atoms with Crippen molar-refractivity contribution in [2.75, 3.05) is 6.61 Å². The minimum Gasteiger partial charge on any atom is -0.484 e. The largest absolute Gasteiger partial charge is 0.484 e. The van der Waals surface area contributed by atoms with Crippen molar-refractivity contribution in [3.63, 3.8) is 0 Å². The molecule has 0 saturated carbocycles. The number of nitrogens with two attached hydrogens (primary N) is 1. The summed E-state index contributed by atoms with van der Waals surface area (Å²) in [7, 11) is 0. The zero-order valence-electron chi connectivity index (χ0n) is 10.7. The van der Waals surface area contributed by atoms with Crippen LogP contribution in [0.25, 0.3) is 0 Å². The van der Waals surface area contributed by atoms with Gasteiger partial charge in [-0.05, 0) is 29.8 Å². The molecule has 0 bridgehead atoms. The molecule has 0 spiro atoms. The molecule has 0 unspecified atom stereocenters. The molecule has 6 heteroatoms. The van der Waals surface area contributed by atoms with Crippen LogP contribution in [0.5, 0.6) is 5.75 Å². The van der Waals surface area contributed by atoms with Crippen molar-refractivity contribution >= 4 is 11.8 Å². The molecular formula is C14H14N2O4. The van der Waals surface area contributed by atoms with Crippen LogP contribution in [0, 0.1) is 0 Å². The fourth-order valence-corrected chi connectivity index (χ4v) is 1.50. The number of hydrogen-bond acceptors (Lipinski definition) is 5. The number of carbonyl (C=O) groups is 2. The van der Waals surface area contributed by atoms with Gasteiger partial charge in [0.1, 0.15) is 5.75 Å². The van der Waals surface area contributed by atoms with Crippen molar-refractivity contribution in [3.8, 4) is 5.75 Å². The second kappa shape index (κ2) is 6.53. The van der Waals surface area contributed by atoms with Crippen LogP contribution in [-0.2, 0) is 11.3 Å². The molecule has 0 aliphatic rings. The lowest BCUT2D eigenvalue weighted by atomic mass is 10.2. The van der Waals surface area contributed by atoms with Gasteiger partial charge in [-0.1, -0.05) is 12.1 Å². The predicted octanol–water partition coefficient (Wildman–Crippen LogP) is 1.07. The van der Waals surface area contributed by atoms with Crippen LogP contribution < -0.4 is 15.8 Å². The maximum atomic E-state index is 11.5. The first-order chi connectivity index (χ1) is 9.69. The second-order valence-corrected chi connectivity index (χ2v) is 3.99. The quantitative estimate of drug-likeness (QED) is 0.850. The summed E-state index contributed by atoms with van der Waals surface area (Å²) in [4.78, 5) is 23.0. The van der Waals surface area contributed by atoms with E-state index in [1.54, 1.807) is 30.3 Å². The number of imide groups is 1. The third kappa shape index (κ3) is 3.69. The molecule has 0 aliphatic heterocycles. The number of furan rings is 1. The van der Waals surface area contributed by atoms with Crippen LogP contribution in [0.3, 0.4) is 0 Å². The Morgan fingerprint density at radius 1 is 1.20 bits per heavy atom. The number of carbonyl (C=O) groups excluding carboxylic acids is 2. The summed E-state index contributed by atoms with van der Waals surface area (Å²) in [6.45, 7) is 0.187. The summed E-state index contributed by atoms with van der Waals surface area (Å²) in [6, 6.07) is 10.1. The Hall–Kier alpha value is -2.60. The Kier molecular flexibility index (Phi) is 4.52. The van der Waals surface area contributed by atoms with Crippen LogP contribution in [0.15, 0.2) is 47.1 Å². The molecule has 6 nitrogen and oxygen atoms in total. The summed E-state index contributed by atoms with van der Waals surface area (Å²) >= 11 is 0. The molecule has 2 amide bonds. The molecule has 0 radical (unpaired) electrons. The van der Waals surface area contributed by atoms with Crippen molar-refractivity contribution in [3.05, 3.63) is 54.0 Å². The van der Waals surface area contributed by atoms with E-state index in [1.165, 1.54) is 12.3 Å². The highest BCUT2D eigenvalue weighted by Crippen LogP contribution is 2.11. The van der Waals surface area contributed by atoms with Gasteiger partial charge in [0.2, 0.25) is 0 Å². The van der Waals surface area contributed by atoms with Gasteiger partial charge in [-0.15, -0.1) is 0 Å². The molecule has 1 aromatic heterocycles. The number of benzene rings is 1. The molecule has 2 aromatic rings. The van der Waals surface area contributed by atoms with E-state index in [0.29, 0.717) is 12.3 Å².